The van der Waals surface area contributed by atoms with Crippen LogP contribution in [0, 0.1) is 0 Å². The summed E-state index contributed by atoms with van der Waals surface area (Å²) < 4.78 is 5.77. The molecular weight excluding hydrogens is 342 g/mol. The van der Waals surface area contributed by atoms with Gasteiger partial charge >= 0.3 is 5.97 Å². The predicted octanol–water partition coefficient (Wildman–Crippen LogP) is 4.02. The van der Waals surface area contributed by atoms with Gasteiger partial charge in [-0.3, -0.25) is 9.69 Å². The van der Waals surface area contributed by atoms with Crippen molar-refractivity contribution < 1.29 is 9.53 Å². The first kappa shape index (κ1) is 15.8. The van der Waals surface area contributed by atoms with E-state index >= 15 is 0 Å². The van der Waals surface area contributed by atoms with Gasteiger partial charge in [-0.25, -0.2) is 0 Å². The topological polar surface area (TPSA) is 29.5 Å². The molecule has 110 valence electrons. The molecule has 0 radical (unpaired) electrons. The average molecular weight is 361 g/mol. The van der Waals surface area contributed by atoms with Crippen molar-refractivity contribution in [3.05, 3.63) is 33.3 Å². The van der Waals surface area contributed by atoms with Crippen LogP contribution in [-0.4, -0.2) is 30.6 Å². The molecule has 0 N–H and O–H groups in total. The first-order valence-electron chi connectivity index (χ1n) is 6.85. The van der Waals surface area contributed by atoms with E-state index in [1.165, 1.54) is 20.0 Å². The van der Waals surface area contributed by atoms with Crippen LogP contribution in [0.2, 0.25) is 5.02 Å². The number of halogens is 2. The highest BCUT2D eigenvalue weighted by Gasteiger charge is 2.25. The lowest BCUT2D eigenvalue weighted by Gasteiger charge is -2.28. The minimum Gasteiger partial charge on any atom is -0.468 e. The second-order valence-corrected chi connectivity index (χ2v) is 6.48. The highest BCUT2D eigenvalue weighted by molar-refractivity contribution is 9.10. The standard InChI is InChI=1S/C15H19BrClNO2/c1-20-15(19)10-18(13-4-2-3-5-13)9-11-6-7-12(16)8-14(11)17/h6-8,13H,2-5,9-10H2,1H3. The third-order valence-corrected chi connectivity index (χ3v) is 4.63. The number of methoxy groups -OCH3 is 1. The van der Waals surface area contributed by atoms with Gasteiger partial charge in [0, 0.05) is 22.1 Å². The van der Waals surface area contributed by atoms with Crippen LogP contribution in [0.25, 0.3) is 0 Å². The number of carbonyl (C=O) groups excluding carboxylic acids is 1. The summed E-state index contributed by atoms with van der Waals surface area (Å²) in [5, 5.41) is 0.729. The van der Waals surface area contributed by atoms with E-state index in [0.717, 1.165) is 27.9 Å². The molecule has 0 aromatic heterocycles. The summed E-state index contributed by atoms with van der Waals surface area (Å²) in [6.07, 6.45) is 4.75. The second-order valence-electron chi connectivity index (χ2n) is 5.16. The van der Waals surface area contributed by atoms with E-state index in [0.29, 0.717) is 19.1 Å². The molecular formula is C15H19BrClNO2. The Morgan fingerprint density at radius 2 is 2.15 bits per heavy atom. The van der Waals surface area contributed by atoms with E-state index in [4.69, 9.17) is 16.3 Å². The lowest BCUT2D eigenvalue weighted by molar-refractivity contribution is -0.142. The van der Waals surface area contributed by atoms with Crippen molar-refractivity contribution in [3.63, 3.8) is 0 Å². The first-order chi connectivity index (χ1) is 9.60. The lowest BCUT2D eigenvalue weighted by atomic mass is 10.1. The zero-order valence-electron chi connectivity index (χ0n) is 11.6. The van der Waals surface area contributed by atoms with E-state index in [2.05, 4.69) is 20.8 Å². The second kappa shape index (κ2) is 7.43. The number of nitrogens with zero attached hydrogens (tertiary/aromatic N) is 1. The van der Waals surface area contributed by atoms with Crippen molar-refractivity contribution >= 4 is 33.5 Å². The molecule has 3 nitrogen and oxygen atoms in total. The zero-order chi connectivity index (χ0) is 14.5. The molecule has 0 spiro atoms. The van der Waals surface area contributed by atoms with Gasteiger partial charge in [-0.05, 0) is 30.5 Å². The van der Waals surface area contributed by atoms with Gasteiger partial charge in [0.15, 0.2) is 0 Å². The Kier molecular flexibility index (Phi) is 5.87. The van der Waals surface area contributed by atoms with Gasteiger partial charge in [-0.1, -0.05) is 46.4 Å². The molecule has 1 aromatic rings. The summed E-state index contributed by atoms with van der Waals surface area (Å²) in [5.41, 5.74) is 1.05. The Bertz CT molecular complexity index is 475. The molecule has 0 unspecified atom stereocenters. The summed E-state index contributed by atoms with van der Waals surface area (Å²) in [6, 6.07) is 6.33. The molecule has 20 heavy (non-hydrogen) atoms. The van der Waals surface area contributed by atoms with Crippen molar-refractivity contribution in [1.29, 1.82) is 0 Å². The fraction of sp³-hybridized carbons (Fsp3) is 0.533. The number of hydrogen-bond acceptors (Lipinski definition) is 3. The minimum absolute atomic E-state index is 0.190. The van der Waals surface area contributed by atoms with Crippen molar-refractivity contribution in [2.45, 2.75) is 38.3 Å². The lowest BCUT2D eigenvalue weighted by Crippen LogP contribution is -2.37. The van der Waals surface area contributed by atoms with Crippen LogP contribution in [-0.2, 0) is 16.1 Å². The van der Waals surface area contributed by atoms with Crippen LogP contribution in [0.1, 0.15) is 31.2 Å². The summed E-state index contributed by atoms with van der Waals surface area (Å²) in [7, 11) is 1.43. The number of hydrogen-bond donors (Lipinski definition) is 0. The SMILES string of the molecule is COC(=O)CN(Cc1ccc(Br)cc1Cl)C1CCCC1. The fourth-order valence-electron chi connectivity index (χ4n) is 2.68. The van der Waals surface area contributed by atoms with Gasteiger partial charge in [0.05, 0.1) is 13.7 Å². The van der Waals surface area contributed by atoms with Crippen LogP contribution >= 0.6 is 27.5 Å². The van der Waals surface area contributed by atoms with Crippen molar-refractivity contribution in [2.24, 2.45) is 0 Å². The number of esters is 1. The molecule has 0 saturated heterocycles. The molecule has 0 bridgehead atoms. The molecule has 1 aromatic carbocycles. The number of ether oxygens (including phenoxy) is 1. The van der Waals surface area contributed by atoms with Crippen molar-refractivity contribution in [3.8, 4) is 0 Å². The third kappa shape index (κ3) is 4.21. The van der Waals surface area contributed by atoms with E-state index in [-0.39, 0.29) is 5.97 Å². The molecule has 1 fully saturated rings. The van der Waals surface area contributed by atoms with E-state index in [1.807, 2.05) is 18.2 Å². The fourth-order valence-corrected chi connectivity index (χ4v) is 3.42. The van der Waals surface area contributed by atoms with Crippen LogP contribution < -0.4 is 0 Å². The van der Waals surface area contributed by atoms with Crippen LogP contribution in [0.3, 0.4) is 0 Å². The highest BCUT2D eigenvalue weighted by Crippen LogP contribution is 2.28. The minimum atomic E-state index is -0.190. The Morgan fingerprint density at radius 1 is 1.45 bits per heavy atom. The van der Waals surface area contributed by atoms with Gasteiger partial charge in [0.25, 0.3) is 0 Å². The van der Waals surface area contributed by atoms with E-state index < -0.39 is 0 Å². The summed E-state index contributed by atoms with van der Waals surface area (Å²) >= 11 is 9.69. The zero-order valence-corrected chi connectivity index (χ0v) is 13.9. The Labute approximate surface area is 133 Å². The Hall–Kier alpha value is -0.580. The van der Waals surface area contributed by atoms with Crippen molar-refractivity contribution in [2.75, 3.05) is 13.7 Å². The number of carbonyl (C=O) groups is 1. The number of rotatable bonds is 5. The largest absolute Gasteiger partial charge is 0.468 e. The molecule has 1 aliphatic rings. The van der Waals surface area contributed by atoms with Gasteiger partial charge in [0.1, 0.15) is 0 Å². The molecule has 0 heterocycles. The Morgan fingerprint density at radius 3 is 2.75 bits per heavy atom. The van der Waals surface area contributed by atoms with Crippen molar-refractivity contribution in [1.82, 2.24) is 4.90 Å². The smallest absolute Gasteiger partial charge is 0.319 e. The van der Waals surface area contributed by atoms with Crippen LogP contribution in [0.5, 0.6) is 0 Å². The predicted molar refractivity (Wildman–Crippen MR) is 83.8 cm³/mol. The third-order valence-electron chi connectivity index (χ3n) is 3.79. The van der Waals surface area contributed by atoms with E-state index in [9.17, 15) is 4.79 Å². The van der Waals surface area contributed by atoms with Gasteiger partial charge in [-0.15, -0.1) is 0 Å². The summed E-state index contributed by atoms with van der Waals surface area (Å²) in [5.74, 6) is -0.190. The van der Waals surface area contributed by atoms with Gasteiger partial charge in [0.2, 0.25) is 0 Å². The first-order valence-corrected chi connectivity index (χ1v) is 8.02. The van der Waals surface area contributed by atoms with Gasteiger partial charge < -0.3 is 4.74 Å². The highest BCUT2D eigenvalue weighted by atomic mass is 79.9. The van der Waals surface area contributed by atoms with Gasteiger partial charge in [-0.2, -0.15) is 0 Å². The maximum atomic E-state index is 11.6. The Balaban J connectivity index is 2.11. The average Bonchev–Trinajstić information content (AvgIpc) is 2.94. The molecule has 2 rings (SSSR count). The summed E-state index contributed by atoms with van der Waals surface area (Å²) in [6.45, 7) is 1.01. The molecule has 1 saturated carbocycles. The summed E-state index contributed by atoms with van der Waals surface area (Å²) in [4.78, 5) is 13.8. The quantitative estimate of drug-likeness (QED) is 0.743. The number of benzene rings is 1. The maximum Gasteiger partial charge on any atom is 0.319 e. The monoisotopic (exact) mass is 359 g/mol. The molecule has 0 atom stereocenters. The molecule has 0 aliphatic heterocycles. The van der Waals surface area contributed by atoms with E-state index in [1.54, 1.807) is 0 Å². The normalized spacial score (nSPS) is 15.8. The molecule has 5 heteroatoms. The molecule has 1 aliphatic carbocycles. The van der Waals surface area contributed by atoms with Crippen LogP contribution in [0.4, 0.5) is 0 Å². The molecule has 0 amide bonds. The van der Waals surface area contributed by atoms with Crippen LogP contribution in [0.15, 0.2) is 22.7 Å². The maximum absolute atomic E-state index is 11.6.